The molecular weight excluding hydrogens is 324 g/mol. The van der Waals surface area contributed by atoms with E-state index in [1.807, 2.05) is 41.1 Å². The number of thiophene rings is 1. The Morgan fingerprint density at radius 2 is 2.00 bits per heavy atom. The maximum absolute atomic E-state index is 11.2. The fourth-order valence-electron chi connectivity index (χ4n) is 1.85. The van der Waals surface area contributed by atoms with E-state index in [4.69, 9.17) is 0 Å². The van der Waals surface area contributed by atoms with Crippen LogP contribution in [0.1, 0.15) is 10.4 Å². The van der Waals surface area contributed by atoms with E-state index in [0.29, 0.717) is 11.3 Å². The van der Waals surface area contributed by atoms with Crippen molar-refractivity contribution in [1.82, 2.24) is 9.78 Å². The summed E-state index contributed by atoms with van der Waals surface area (Å²) in [5.74, 6) is 0. The number of benzene rings is 1. The molecule has 94 valence electrons. The van der Waals surface area contributed by atoms with Crippen LogP contribution >= 0.6 is 27.3 Å². The van der Waals surface area contributed by atoms with Gasteiger partial charge in [0.05, 0.1) is 11.3 Å². The van der Waals surface area contributed by atoms with Gasteiger partial charge in [-0.2, -0.15) is 16.4 Å². The van der Waals surface area contributed by atoms with Gasteiger partial charge in [-0.25, -0.2) is 4.68 Å². The molecule has 0 saturated heterocycles. The first-order valence-corrected chi connectivity index (χ1v) is 7.35. The predicted octanol–water partition coefficient (Wildman–Crippen LogP) is 4.18. The average molecular weight is 333 g/mol. The summed E-state index contributed by atoms with van der Waals surface area (Å²) in [6.07, 6.45) is 2.59. The topological polar surface area (TPSA) is 34.9 Å². The quantitative estimate of drug-likeness (QED) is 0.674. The number of para-hydroxylation sites is 1. The van der Waals surface area contributed by atoms with Gasteiger partial charge < -0.3 is 0 Å². The third-order valence-electron chi connectivity index (χ3n) is 2.76. The van der Waals surface area contributed by atoms with Crippen LogP contribution in [0.15, 0.2) is 51.8 Å². The Labute approximate surface area is 122 Å². The Kier molecular flexibility index (Phi) is 3.31. The molecule has 0 spiro atoms. The smallest absolute Gasteiger partial charge is 0.153 e. The van der Waals surface area contributed by atoms with E-state index >= 15 is 0 Å². The Bertz CT molecular complexity index is 718. The summed E-state index contributed by atoms with van der Waals surface area (Å²) in [6.45, 7) is 0. The highest BCUT2D eigenvalue weighted by molar-refractivity contribution is 9.10. The molecule has 3 aromatic rings. The van der Waals surface area contributed by atoms with Gasteiger partial charge in [-0.05, 0) is 28.1 Å². The predicted molar refractivity (Wildman–Crippen MR) is 80.0 cm³/mol. The average Bonchev–Trinajstić information content (AvgIpc) is 3.05. The highest BCUT2D eigenvalue weighted by Crippen LogP contribution is 2.32. The molecule has 19 heavy (non-hydrogen) atoms. The Balaban J connectivity index is 2.15. The standard InChI is InChI=1S/C14H9BrN2OS/c15-13-9-19-8-12(13)14-10(7-18)6-17(16-14)11-4-2-1-3-5-11/h1-9H. The zero-order valence-corrected chi connectivity index (χ0v) is 12.2. The van der Waals surface area contributed by atoms with Crippen LogP contribution in [-0.2, 0) is 0 Å². The molecular formula is C14H9BrN2OS. The maximum atomic E-state index is 11.2. The van der Waals surface area contributed by atoms with E-state index < -0.39 is 0 Å². The molecule has 0 atom stereocenters. The minimum Gasteiger partial charge on any atom is -0.298 e. The first kappa shape index (κ1) is 12.3. The van der Waals surface area contributed by atoms with E-state index in [2.05, 4.69) is 21.0 Å². The summed E-state index contributed by atoms with van der Waals surface area (Å²) in [5, 5.41) is 8.48. The van der Waals surface area contributed by atoms with Gasteiger partial charge in [-0.1, -0.05) is 18.2 Å². The van der Waals surface area contributed by atoms with Crippen molar-refractivity contribution < 1.29 is 4.79 Å². The van der Waals surface area contributed by atoms with Gasteiger partial charge in [0.1, 0.15) is 5.69 Å². The minimum absolute atomic E-state index is 0.586. The largest absolute Gasteiger partial charge is 0.298 e. The van der Waals surface area contributed by atoms with Crippen molar-refractivity contribution in [3.8, 4) is 16.9 Å². The van der Waals surface area contributed by atoms with Crippen LogP contribution in [-0.4, -0.2) is 16.1 Å². The van der Waals surface area contributed by atoms with Crippen molar-refractivity contribution in [1.29, 1.82) is 0 Å². The fraction of sp³-hybridized carbons (Fsp3) is 0. The second-order valence-corrected chi connectivity index (χ2v) is 5.56. The molecule has 5 heteroatoms. The molecule has 1 aromatic carbocycles. The molecule has 0 N–H and O–H groups in total. The SMILES string of the molecule is O=Cc1cn(-c2ccccc2)nc1-c1cscc1Br. The Morgan fingerprint density at radius 3 is 2.63 bits per heavy atom. The van der Waals surface area contributed by atoms with Gasteiger partial charge in [0.15, 0.2) is 6.29 Å². The second-order valence-electron chi connectivity index (χ2n) is 3.96. The molecule has 0 bridgehead atoms. The van der Waals surface area contributed by atoms with Crippen molar-refractivity contribution in [2.45, 2.75) is 0 Å². The van der Waals surface area contributed by atoms with Crippen molar-refractivity contribution in [2.75, 3.05) is 0 Å². The highest BCUT2D eigenvalue weighted by Gasteiger charge is 2.14. The van der Waals surface area contributed by atoms with Gasteiger partial charge in [-0.3, -0.25) is 4.79 Å². The highest BCUT2D eigenvalue weighted by atomic mass is 79.9. The van der Waals surface area contributed by atoms with Crippen molar-refractivity contribution in [3.05, 3.63) is 57.3 Å². The molecule has 0 amide bonds. The van der Waals surface area contributed by atoms with Crippen LogP contribution in [0.25, 0.3) is 16.9 Å². The normalized spacial score (nSPS) is 10.6. The van der Waals surface area contributed by atoms with E-state index in [1.54, 1.807) is 22.2 Å². The van der Waals surface area contributed by atoms with Crippen molar-refractivity contribution >= 4 is 33.6 Å². The monoisotopic (exact) mass is 332 g/mol. The van der Waals surface area contributed by atoms with Gasteiger partial charge >= 0.3 is 0 Å². The number of carbonyl (C=O) groups is 1. The van der Waals surface area contributed by atoms with Crippen LogP contribution in [0.4, 0.5) is 0 Å². The number of hydrogen-bond donors (Lipinski definition) is 0. The molecule has 2 heterocycles. The summed E-state index contributed by atoms with van der Waals surface area (Å²) >= 11 is 5.05. The number of nitrogens with zero attached hydrogens (tertiary/aromatic N) is 2. The summed E-state index contributed by atoms with van der Waals surface area (Å²) in [4.78, 5) is 11.2. The number of rotatable bonds is 3. The summed E-state index contributed by atoms with van der Waals surface area (Å²) < 4.78 is 2.68. The van der Waals surface area contributed by atoms with E-state index in [1.165, 1.54) is 0 Å². The van der Waals surface area contributed by atoms with E-state index in [9.17, 15) is 4.79 Å². The third-order valence-corrected chi connectivity index (χ3v) is 4.46. The van der Waals surface area contributed by atoms with Gasteiger partial charge in [0.2, 0.25) is 0 Å². The lowest BCUT2D eigenvalue weighted by molar-refractivity contribution is 0.112. The molecule has 2 aromatic heterocycles. The Morgan fingerprint density at radius 1 is 1.21 bits per heavy atom. The summed E-state index contributed by atoms with van der Waals surface area (Å²) in [5.41, 5.74) is 3.17. The number of halogens is 1. The number of aldehydes is 1. The number of carbonyl (C=O) groups excluding carboxylic acids is 1. The van der Waals surface area contributed by atoms with Gasteiger partial charge in [-0.15, -0.1) is 0 Å². The molecule has 0 unspecified atom stereocenters. The molecule has 3 rings (SSSR count). The fourth-order valence-corrected chi connectivity index (χ4v) is 3.31. The molecule has 0 fully saturated rings. The van der Waals surface area contributed by atoms with Crippen LogP contribution in [0.5, 0.6) is 0 Å². The summed E-state index contributed by atoms with van der Waals surface area (Å²) in [7, 11) is 0. The molecule has 0 aliphatic heterocycles. The van der Waals surface area contributed by atoms with Crippen LogP contribution in [0, 0.1) is 0 Å². The van der Waals surface area contributed by atoms with E-state index in [-0.39, 0.29) is 0 Å². The van der Waals surface area contributed by atoms with E-state index in [0.717, 1.165) is 22.0 Å². The zero-order chi connectivity index (χ0) is 13.2. The number of aromatic nitrogens is 2. The molecule has 0 aliphatic carbocycles. The number of hydrogen-bond acceptors (Lipinski definition) is 3. The van der Waals surface area contributed by atoms with Gasteiger partial charge in [0.25, 0.3) is 0 Å². The van der Waals surface area contributed by atoms with Crippen LogP contribution in [0.2, 0.25) is 0 Å². The van der Waals surface area contributed by atoms with Crippen molar-refractivity contribution in [2.24, 2.45) is 0 Å². The first-order valence-electron chi connectivity index (χ1n) is 5.62. The maximum Gasteiger partial charge on any atom is 0.153 e. The molecule has 0 aliphatic rings. The summed E-state index contributed by atoms with van der Waals surface area (Å²) in [6, 6.07) is 9.74. The zero-order valence-electron chi connectivity index (χ0n) is 9.79. The van der Waals surface area contributed by atoms with Crippen LogP contribution < -0.4 is 0 Å². The van der Waals surface area contributed by atoms with Crippen molar-refractivity contribution in [3.63, 3.8) is 0 Å². The lowest BCUT2D eigenvalue weighted by Crippen LogP contribution is -1.93. The lowest BCUT2D eigenvalue weighted by atomic mass is 10.2. The second kappa shape index (κ2) is 5.11. The first-order chi connectivity index (χ1) is 9.29. The molecule has 0 saturated carbocycles. The molecule has 0 radical (unpaired) electrons. The lowest BCUT2D eigenvalue weighted by Gasteiger charge is -1.99. The third kappa shape index (κ3) is 2.27. The minimum atomic E-state index is 0.586. The molecule has 3 nitrogen and oxygen atoms in total. The Hall–Kier alpha value is -1.72. The van der Waals surface area contributed by atoms with Gasteiger partial charge in [0, 0.05) is 27.0 Å². The van der Waals surface area contributed by atoms with Crippen LogP contribution in [0.3, 0.4) is 0 Å².